The molecule has 0 aliphatic carbocycles. The Morgan fingerprint density at radius 2 is 2.00 bits per heavy atom. The number of rotatable bonds is 2. The van der Waals surface area contributed by atoms with Crippen LogP contribution in [0.15, 0.2) is 41.3 Å². The number of aliphatic hydroxyl groups excluding tert-OH is 1. The highest BCUT2D eigenvalue weighted by Gasteiger charge is 2.44. The lowest BCUT2D eigenvalue weighted by Gasteiger charge is -2.46. The summed E-state index contributed by atoms with van der Waals surface area (Å²) < 4.78 is 11.2. The monoisotopic (exact) mass is 342 g/mol. The predicted molar refractivity (Wildman–Crippen MR) is 91.0 cm³/mol. The lowest BCUT2D eigenvalue weighted by Crippen LogP contribution is -2.56. The van der Waals surface area contributed by atoms with Gasteiger partial charge in [-0.25, -0.2) is 4.98 Å². The first-order chi connectivity index (χ1) is 12.2. The van der Waals surface area contributed by atoms with E-state index in [0.717, 1.165) is 18.4 Å². The minimum atomic E-state index is -0.453. The number of ether oxygens (including phenoxy) is 1. The van der Waals surface area contributed by atoms with Crippen LogP contribution in [0.3, 0.4) is 0 Å². The number of oxazole rings is 1. The van der Waals surface area contributed by atoms with Crippen LogP contribution < -0.4 is 0 Å². The highest BCUT2D eigenvalue weighted by molar-refractivity contribution is 5.94. The second-order valence-electron chi connectivity index (χ2n) is 6.81. The first-order valence-electron chi connectivity index (χ1n) is 8.78. The molecule has 3 heterocycles. The van der Waals surface area contributed by atoms with Crippen LogP contribution in [-0.4, -0.2) is 52.3 Å². The Morgan fingerprint density at radius 3 is 2.64 bits per heavy atom. The van der Waals surface area contributed by atoms with Crippen molar-refractivity contribution in [2.75, 3.05) is 19.7 Å². The Morgan fingerprint density at radius 1 is 1.24 bits per heavy atom. The first-order valence-corrected chi connectivity index (χ1v) is 8.78. The molecule has 0 saturated carbocycles. The van der Waals surface area contributed by atoms with Gasteiger partial charge in [0.2, 0.25) is 0 Å². The zero-order valence-electron chi connectivity index (χ0n) is 14.1. The fraction of sp³-hybridized carbons (Fsp3) is 0.474. The Balaban J connectivity index is 1.42. The van der Waals surface area contributed by atoms with Crippen molar-refractivity contribution in [3.63, 3.8) is 0 Å². The molecular formula is C19H22N2O4. The minimum absolute atomic E-state index is 0.0178. The minimum Gasteiger partial charge on any atom is -0.444 e. The van der Waals surface area contributed by atoms with Crippen molar-refractivity contribution in [2.24, 2.45) is 0 Å². The number of nitrogens with zero attached hydrogens (tertiary/aromatic N) is 2. The summed E-state index contributed by atoms with van der Waals surface area (Å²) in [6.45, 7) is 1.92. The molecule has 0 unspecified atom stereocenters. The van der Waals surface area contributed by atoms with Crippen molar-refractivity contribution >= 4 is 5.91 Å². The van der Waals surface area contributed by atoms with Gasteiger partial charge in [0, 0.05) is 30.8 Å². The van der Waals surface area contributed by atoms with Gasteiger partial charge in [0.1, 0.15) is 0 Å². The van der Waals surface area contributed by atoms with Gasteiger partial charge in [-0.15, -0.1) is 0 Å². The van der Waals surface area contributed by atoms with Gasteiger partial charge >= 0.3 is 0 Å². The number of carbonyl (C=O) groups excluding carboxylic acids is 1. The molecule has 25 heavy (non-hydrogen) atoms. The van der Waals surface area contributed by atoms with Crippen molar-refractivity contribution in [3.8, 4) is 11.3 Å². The van der Waals surface area contributed by atoms with E-state index in [1.807, 2.05) is 29.2 Å². The van der Waals surface area contributed by atoms with Gasteiger partial charge < -0.3 is 19.2 Å². The summed E-state index contributed by atoms with van der Waals surface area (Å²) in [5.74, 6) is 0.701. The van der Waals surface area contributed by atoms with Crippen molar-refractivity contribution < 1.29 is 19.1 Å². The number of hydrogen-bond donors (Lipinski definition) is 1. The van der Waals surface area contributed by atoms with E-state index in [1.54, 1.807) is 6.20 Å². The highest BCUT2D eigenvalue weighted by Crippen LogP contribution is 2.35. The van der Waals surface area contributed by atoms with Gasteiger partial charge in [-0.05, 0) is 37.8 Å². The van der Waals surface area contributed by atoms with Crippen LogP contribution in [0.5, 0.6) is 0 Å². The summed E-state index contributed by atoms with van der Waals surface area (Å²) >= 11 is 0. The zero-order valence-corrected chi connectivity index (χ0v) is 14.1. The van der Waals surface area contributed by atoms with Crippen molar-refractivity contribution in [1.82, 2.24) is 9.88 Å². The number of hydrogen-bond acceptors (Lipinski definition) is 5. The molecule has 2 fully saturated rings. The second-order valence-corrected chi connectivity index (χ2v) is 6.81. The molecule has 1 amide bonds. The smallest absolute Gasteiger partial charge is 0.253 e. The van der Waals surface area contributed by atoms with Gasteiger partial charge in [-0.3, -0.25) is 4.79 Å². The number of amides is 1. The molecule has 0 bridgehead atoms. The lowest BCUT2D eigenvalue weighted by molar-refractivity contribution is -0.174. The summed E-state index contributed by atoms with van der Waals surface area (Å²) in [7, 11) is 0. The molecule has 1 spiro atoms. The molecule has 6 heteroatoms. The molecule has 2 saturated heterocycles. The van der Waals surface area contributed by atoms with Gasteiger partial charge in [0.25, 0.3) is 5.91 Å². The van der Waals surface area contributed by atoms with E-state index in [2.05, 4.69) is 4.98 Å². The summed E-state index contributed by atoms with van der Waals surface area (Å²) in [6, 6.07) is 7.37. The third-order valence-corrected chi connectivity index (χ3v) is 5.36. The van der Waals surface area contributed by atoms with Crippen LogP contribution in [0.25, 0.3) is 11.3 Å². The Kier molecular flexibility index (Phi) is 4.31. The third-order valence-electron chi connectivity index (χ3n) is 5.36. The summed E-state index contributed by atoms with van der Waals surface area (Å²) in [5.41, 5.74) is 1.10. The predicted octanol–water partition coefficient (Wildman–Crippen LogP) is 2.49. The van der Waals surface area contributed by atoms with Crippen LogP contribution in [-0.2, 0) is 4.74 Å². The Labute approximate surface area is 146 Å². The molecule has 6 nitrogen and oxygen atoms in total. The third kappa shape index (κ3) is 3.07. The molecule has 2 aliphatic heterocycles. The Hall–Kier alpha value is -2.18. The average Bonchev–Trinajstić information content (AvgIpc) is 3.19. The van der Waals surface area contributed by atoms with E-state index in [0.29, 0.717) is 43.9 Å². The Bertz CT molecular complexity index is 718. The number of benzene rings is 1. The largest absolute Gasteiger partial charge is 0.444 e. The fourth-order valence-electron chi connectivity index (χ4n) is 3.80. The first kappa shape index (κ1) is 16.3. The molecule has 1 aromatic carbocycles. The van der Waals surface area contributed by atoms with E-state index in [4.69, 9.17) is 9.15 Å². The van der Waals surface area contributed by atoms with E-state index in [-0.39, 0.29) is 5.91 Å². The van der Waals surface area contributed by atoms with Gasteiger partial charge in [0.05, 0.1) is 17.9 Å². The number of piperidine rings is 1. The molecular weight excluding hydrogens is 320 g/mol. The molecule has 0 radical (unpaired) electrons. The van der Waals surface area contributed by atoms with Crippen LogP contribution >= 0.6 is 0 Å². The quantitative estimate of drug-likeness (QED) is 0.907. The molecule has 2 aliphatic rings. The normalized spacial score (nSPS) is 22.9. The highest BCUT2D eigenvalue weighted by atomic mass is 16.5. The lowest BCUT2D eigenvalue weighted by atomic mass is 9.82. The second kappa shape index (κ2) is 6.61. The summed E-state index contributed by atoms with van der Waals surface area (Å²) in [6.07, 6.45) is 5.70. The number of likely N-dealkylation sites (tertiary alicyclic amines) is 1. The van der Waals surface area contributed by atoms with Crippen molar-refractivity contribution in [3.05, 3.63) is 42.4 Å². The van der Waals surface area contributed by atoms with Crippen LogP contribution in [0.1, 0.15) is 36.0 Å². The van der Waals surface area contributed by atoms with Crippen LogP contribution in [0.4, 0.5) is 0 Å². The van der Waals surface area contributed by atoms with Crippen molar-refractivity contribution in [2.45, 2.75) is 37.4 Å². The van der Waals surface area contributed by atoms with Crippen LogP contribution in [0, 0.1) is 0 Å². The maximum atomic E-state index is 12.7. The average molecular weight is 342 g/mol. The maximum Gasteiger partial charge on any atom is 0.253 e. The van der Waals surface area contributed by atoms with Crippen molar-refractivity contribution in [1.29, 1.82) is 0 Å². The van der Waals surface area contributed by atoms with E-state index >= 15 is 0 Å². The maximum absolute atomic E-state index is 12.7. The molecule has 1 N–H and O–H groups in total. The molecule has 132 valence electrons. The van der Waals surface area contributed by atoms with Gasteiger partial charge in [-0.2, -0.15) is 0 Å². The molecule has 2 aromatic rings. The standard InChI is InChI=1S/C19H22N2O4/c22-17-2-1-11-25-19(17)7-9-21(10-8-19)18(23)15-5-3-14(4-6-15)16-12-20-13-24-16/h3-6,12-13,17,22H,1-2,7-11H2/t17-/m1/s1. The molecule has 4 rings (SSSR count). The molecule has 1 atom stereocenters. The number of aliphatic hydroxyl groups is 1. The number of aromatic nitrogens is 1. The fourth-order valence-corrected chi connectivity index (χ4v) is 3.80. The van der Waals surface area contributed by atoms with E-state index in [9.17, 15) is 9.90 Å². The van der Waals surface area contributed by atoms with Gasteiger partial charge in [0.15, 0.2) is 12.2 Å². The van der Waals surface area contributed by atoms with Crippen LogP contribution in [0.2, 0.25) is 0 Å². The van der Waals surface area contributed by atoms with Gasteiger partial charge in [-0.1, -0.05) is 12.1 Å². The SMILES string of the molecule is O=C(c1ccc(-c2cnco2)cc1)N1CCC2(CC1)OCCC[C@H]2O. The topological polar surface area (TPSA) is 75.8 Å². The van der Waals surface area contributed by atoms with E-state index in [1.165, 1.54) is 6.39 Å². The zero-order chi connectivity index (χ0) is 17.3. The number of carbonyl (C=O) groups is 1. The summed E-state index contributed by atoms with van der Waals surface area (Å²) in [4.78, 5) is 18.5. The molecule has 1 aromatic heterocycles. The van der Waals surface area contributed by atoms with E-state index < -0.39 is 11.7 Å². The summed E-state index contributed by atoms with van der Waals surface area (Å²) in [5, 5.41) is 10.3.